The first-order chi connectivity index (χ1) is 16.4. The van der Waals surface area contributed by atoms with Crippen LogP contribution in [0.15, 0.2) is 41.2 Å². The second-order valence-electron chi connectivity index (χ2n) is 10.3. The maximum atomic E-state index is 10.1. The normalized spacial score (nSPS) is 13.9. The van der Waals surface area contributed by atoms with Crippen LogP contribution in [0.1, 0.15) is 52.9 Å². The molecule has 3 rings (SSSR count). The Morgan fingerprint density at radius 3 is 2.20 bits per heavy atom. The Morgan fingerprint density at radius 1 is 1.03 bits per heavy atom. The smallest absolute Gasteiger partial charge is 0.324 e. The van der Waals surface area contributed by atoms with Crippen molar-refractivity contribution in [2.24, 2.45) is 5.92 Å². The van der Waals surface area contributed by atoms with Crippen LogP contribution in [-0.2, 0) is 5.41 Å². The van der Waals surface area contributed by atoms with Gasteiger partial charge in [0.05, 0.1) is 11.0 Å². The fraction of sp³-hybridized carbons (Fsp3) is 0.538. The van der Waals surface area contributed by atoms with Gasteiger partial charge in [0.25, 0.3) is 0 Å². The van der Waals surface area contributed by atoms with Crippen molar-refractivity contribution >= 4 is 12.0 Å². The van der Waals surface area contributed by atoms with Gasteiger partial charge in [-0.25, -0.2) is 9.97 Å². The van der Waals surface area contributed by atoms with Crippen LogP contribution in [0.3, 0.4) is 0 Å². The van der Waals surface area contributed by atoms with Crippen molar-refractivity contribution in [1.29, 1.82) is 0 Å². The lowest BCUT2D eigenvalue weighted by atomic mass is 9.72. The van der Waals surface area contributed by atoms with Crippen LogP contribution in [0.2, 0.25) is 0 Å². The highest BCUT2D eigenvalue weighted by atomic mass is 16.5. The first-order valence-electron chi connectivity index (χ1n) is 12.1. The highest BCUT2D eigenvalue weighted by Gasteiger charge is 2.38. The van der Waals surface area contributed by atoms with Crippen molar-refractivity contribution in [3.05, 3.63) is 48.0 Å². The van der Waals surface area contributed by atoms with E-state index in [0.717, 1.165) is 36.3 Å². The zero-order valence-corrected chi connectivity index (χ0v) is 22.0. The van der Waals surface area contributed by atoms with Crippen molar-refractivity contribution in [1.82, 2.24) is 25.0 Å². The van der Waals surface area contributed by atoms with E-state index < -0.39 is 11.0 Å². The van der Waals surface area contributed by atoms with Crippen LogP contribution in [0.25, 0.3) is 11.1 Å². The molecule has 1 atom stereocenters. The van der Waals surface area contributed by atoms with Crippen molar-refractivity contribution in [3.63, 3.8) is 0 Å². The quantitative estimate of drug-likeness (QED) is 0.423. The molecule has 0 saturated carbocycles. The van der Waals surface area contributed by atoms with Gasteiger partial charge >= 0.3 is 6.01 Å². The summed E-state index contributed by atoms with van der Waals surface area (Å²) in [6.45, 7) is 15.0. The number of nitrogens with zero attached hydrogens (tertiary/aromatic N) is 6. The maximum absolute atomic E-state index is 10.1. The number of rotatable bonds is 11. The molecule has 9 nitrogen and oxygen atoms in total. The highest BCUT2D eigenvalue weighted by molar-refractivity contribution is 5.62. The number of nitrogens with two attached hydrogens (primary N) is 1. The van der Waals surface area contributed by atoms with E-state index >= 15 is 0 Å². The summed E-state index contributed by atoms with van der Waals surface area (Å²) in [7, 11) is 2.00. The molecule has 0 amide bonds. The van der Waals surface area contributed by atoms with E-state index in [1.165, 1.54) is 0 Å². The Kier molecular flexibility index (Phi) is 8.12. The van der Waals surface area contributed by atoms with E-state index in [0.29, 0.717) is 18.4 Å². The van der Waals surface area contributed by atoms with Gasteiger partial charge in [-0.3, -0.25) is 0 Å². The molecule has 1 aromatic carbocycles. The maximum Gasteiger partial charge on any atom is 0.324 e. The lowest BCUT2D eigenvalue weighted by Gasteiger charge is -2.31. The van der Waals surface area contributed by atoms with E-state index in [4.69, 9.17) is 15.2 Å². The lowest BCUT2D eigenvalue weighted by molar-refractivity contribution is 0.0453. The van der Waals surface area contributed by atoms with Crippen LogP contribution in [-0.4, -0.2) is 68.9 Å². The first kappa shape index (κ1) is 26.6. The molecule has 3 N–H and O–H groups in total. The molecule has 2 aromatic heterocycles. The van der Waals surface area contributed by atoms with Gasteiger partial charge in [0, 0.05) is 44.1 Å². The Hall–Kier alpha value is -3.04. The van der Waals surface area contributed by atoms with Gasteiger partial charge in [-0.1, -0.05) is 43.3 Å². The summed E-state index contributed by atoms with van der Waals surface area (Å²) < 4.78 is 5.74. The summed E-state index contributed by atoms with van der Waals surface area (Å²) in [5, 5.41) is 14.5. The van der Waals surface area contributed by atoms with Crippen LogP contribution < -0.4 is 10.6 Å². The molecule has 1 unspecified atom stereocenters. The number of likely N-dealkylation sites (N-methyl/N-ethyl adjacent to an activating group) is 2. The fourth-order valence-electron chi connectivity index (χ4n) is 4.19. The van der Waals surface area contributed by atoms with Gasteiger partial charge in [0.1, 0.15) is 0 Å². The molecule has 190 valence electrons. The van der Waals surface area contributed by atoms with Gasteiger partial charge in [-0.2, -0.15) is 4.98 Å². The number of nitrogen functional groups attached to an aromatic ring is 1. The monoisotopic (exact) mass is 481 g/mol. The third kappa shape index (κ3) is 6.35. The molecule has 0 aliphatic rings. The van der Waals surface area contributed by atoms with Crippen LogP contribution in [0.5, 0.6) is 0 Å². The minimum absolute atomic E-state index is 0.228. The molecule has 3 aromatic rings. The zero-order valence-electron chi connectivity index (χ0n) is 22.0. The number of aromatic nitrogens is 4. The SMILES string of the molecule is CCN(CCN(C)CC(C)(C)O)c1nc(C(C)(c2ccc(-c3cnc(N)nc3)cc2)C(C)C)no1. The number of hydrogen-bond donors (Lipinski definition) is 2. The van der Waals surface area contributed by atoms with Crippen LogP contribution in [0.4, 0.5) is 12.0 Å². The molecule has 0 spiro atoms. The lowest BCUT2D eigenvalue weighted by Crippen LogP contribution is -2.40. The van der Waals surface area contributed by atoms with E-state index in [1.807, 2.05) is 20.9 Å². The van der Waals surface area contributed by atoms with E-state index in [1.54, 1.807) is 12.4 Å². The molecular formula is C26H39N7O2. The highest BCUT2D eigenvalue weighted by Crippen LogP contribution is 2.38. The summed E-state index contributed by atoms with van der Waals surface area (Å²) >= 11 is 0. The van der Waals surface area contributed by atoms with Crippen LogP contribution in [0, 0.1) is 5.92 Å². The molecule has 0 radical (unpaired) electrons. The molecule has 9 heteroatoms. The summed E-state index contributed by atoms with van der Waals surface area (Å²) in [4.78, 5) is 17.2. The average Bonchev–Trinajstić information content (AvgIpc) is 3.29. The molecule has 0 aliphatic heterocycles. The molecule has 0 aliphatic carbocycles. The van der Waals surface area contributed by atoms with E-state index in [9.17, 15) is 5.11 Å². The first-order valence-corrected chi connectivity index (χ1v) is 12.1. The molecule has 0 fully saturated rings. The molecule has 2 heterocycles. The van der Waals surface area contributed by atoms with E-state index in [-0.39, 0.29) is 11.9 Å². The molecule has 0 saturated heterocycles. The van der Waals surface area contributed by atoms with E-state index in [2.05, 4.69) is 76.9 Å². The van der Waals surface area contributed by atoms with Gasteiger partial charge in [0.2, 0.25) is 5.95 Å². The number of hydrogen-bond acceptors (Lipinski definition) is 9. The third-order valence-corrected chi connectivity index (χ3v) is 6.58. The van der Waals surface area contributed by atoms with Gasteiger partial charge in [-0.05, 0) is 51.8 Å². The standard InChI is InChI=1S/C26H39N7O2/c1-8-33(14-13-32(7)17-25(4,5)34)24-30-22(31-35-24)26(6,18(2)3)21-11-9-19(10-12-21)20-15-28-23(27)29-16-20/h9-12,15-16,18,34H,8,13-14,17H2,1-7H3,(H2,27,28,29). The molecule has 0 bridgehead atoms. The van der Waals surface area contributed by atoms with Crippen LogP contribution >= 0.6 is 0 Å². The van der Waals surface area contributed by atoms with Crippen molar-refractivity contribution in [3.8, 4) is 11.1 Å². The predicted octanol–water partition coefficient (Wildman–Crippen LogP) is 3.60. The summed E-state index contributed by atoms with van der Waals surface area (Å²) in [5.41, 5.74) is 7.47. The zero-order chi connectivity index (χ0) is 25.8. The average molecular weight is 482 g/mol. The third-order valence-electron chi connectivity index (χ3n) is 6.58. The van der Waals surface area contributed by atoms with Gasteiger partial charge < -0.3 is 25.2 Å². The summed E-state index contributed by atoms with van der Waals surface area (Å²) in [5.74, 6) is 1.15. The number of benzene rings is 1. The Labute approximate surface area is 208 Å². The van der Waals surface area contributed by atoms with Gasteiger partial charge in [0.15, 0.2) is 5.82 Å². The molecular weight excluding hydrogens is 442 g/mol. The minimum Gasteiger partial charge on any atom is -0.389 e. The number of aliphatic hydroxyl groups is 1. The van der Waals surface area contributed by atoms with Crippen molar-refractivity contribution in [2.75, 3.05) is 43.9 Å². The van der Waals surface area contributed by atoms with Crippen molar-refractivity contribution in [2.45, 2.75) is 52.6 Å². The Morgan fingerprint density at radius 2 is 1.66 bits per heavy atom. The summed E-state index contributed by atoms with van der Waals surface area (Å²) in [6, 6.07) is 8.84. The van der Waals surface area contributed by atoms with Gasteiger partial charge in [-0.15, -0.1) is 0 Å². The minimum atomic E-state index is -0.737. The largest absolute Gasteiger partial charge is 0.389 e. The second-order valence-corrected chi connectivity index (χ2v) is 10.3. The number of anilines is 2. The Bertz CT molecular complexity index is 1070. The second kappa shape index (κ2) is 10.7. The fourth-order valence-corrected chi connectivity index (χ4v) is 4.19. The summed E-state index contributed by atoms with van der Waals surface area (Å²) in [6.07, 6.45) is 3.45. The topological polar surface area (TPSA) is 117 Å². The Balaban J connectivity index is 1.81. The van der Waals surface area contributed by atoms with Crippen molar-refractivity contribution < 1.29 is 9.63 Å². The molecule has 35 heavy (non-hydrogen) atoms. The predicted molar refractivity (Wildman–Crippen MR) is 139 cm³/mol.